The summed E-state index contributed by atoms with van der Waals surface area (Å²) in [5, 5.41) is 3.69. The number of hydrogen-bond donors (Lipinski definition) is 1. The molecular weight excluding hydrogens is 437 g/mol. The Morgan fingerprint density at radius 2 is 1.81 bits per heavy atom. The molecule has 2 heterocycles. The fourth-order valence-corrected chi connectivity index (χ4v) is 4.07. The highest BCUT2D eigenvalue weighted by molar-refractivity contribution is 7.15. The molecule has 31 heavy (non-hydrogen) atoms. The number of carbonyl (C=O) groups is 1. The molecule has 1 N–H and O–H groups in total. The number of amides is 1. The average Bonchev–Trinajstić information content (AvgIpc) is 3.19. The number of pyridine rings is 1. The highest BCUT2D eigenvalue weighted by Gasteiger charge is 2.12. The van der Waals surface area contributed by atoms with Crippen molar-refractivity contribution >= 4 is 34.0 Å². The van der Waals surface area contributed by atoms with Crippen molar-refractivity contribution in [1.29, 1.82) is 0 Å². The molecule has 8 heteroatoms. The summed E-state index contributed by atoms with van der Waals surface area (Å²) < 4.78 is 15.3. The van der Waals surface area contributed by atoms with Gasteiger partial charge in [-0.15, -0.1) is 11.3 Å². The molecule has 2 aromatic heterocycles. The van der Waals surface area contributed by atoms with Gasteiger partial charge in [0.05, 0.1) is 12.1 Å². The van der Waals surface area contributed by atoms with Crippen LogP contribution in [0.1, 0.15) is 26.4 Å². The lowest BCUT2D eigenvalue weighted by Crippen LogP contribution is -2.22. The topological polar surface area (TPSA) is 64.0 Å². The van der Waals surface area contributed by atoms with E-state index in [-0.39, 0.29) is 23.8 Å². The van der Waals surface area contributed by atoms with E-state index in [0.717, 1.165) is 10.4 Å². The van der Waals surface area contributed by atoms with Crippen molar-refractivity contribution in [2.45, 2.75) is 13.0 Å². The molecule has 1 amide bonds. The fourth-order valence-electron chi connectivity index (χ4n) is 3.05. The number of thiazole rings is 1. The third-order valence-corrected chi connectivity index (χ3v) is 5.92. The summed E-state index contributed by atoms with van der Waals surface area (Å²) >= 11 is 7.46. The molecule has 0 unspecified atom stereocenters. The van der Waals surface area contributed by atoms with Crippen molar-refractivity contribution in [1.82, 2.24) is 9.55 Å². The molecule has 0 saturated heterocycles. The predicted octanol–water partition coefficient (Wildman–Crippen LogP) is 4.99. The first-order valence-corrected chi connectivity index (χ1v) is 10.6. The molecule has 0 atom stereocenters. The van der Waals surface area contributed by atoms with Crippen LogP contribution in [0.15, 0.2) is 77.9 Å². The van der Waals surface area contributed by atoms with Gasteiger partial charge in [-0.1, -0.05) is 48.0 Å². The van der Waals surface area contributed by atoms with Crippen LogP contribution in [-0.2, 0) is 13.0 Å². The van der Waals surface area contributed by atoms with Crippen LogP contribution in [0.25, 0.3) is 0 Å². The van der Waals surface area contributed by atoms with Crippen LogP contribution in [0.5, 0.6) is 0 Å². The molecule has 2 aromatic carbocycles. The van der Waals surface area contributed by atoms with Crippen molar-refractivity contribution in [2.24, 2.45) is 0 Å². The van der Waals surface area contributed by atoms with Gasteiger partial charge in [-0.25, -0.2) is 9.37 Å². The number of aromatic nitrogens is 2. The summed E-state index contributed by atoms with van der Waals surface area (Å²) in [6, 6.07) is 16.6. The van der Waals surface area contributed by atoms with Gasteiger partial charge in [0, 0.05) is 34.8 Å². The molecule has 0 radical (unpaired) electrons. The van der Waals surface area contributed by atoms with E-state index in [4.69, 9.17) is 11.6 Å². The van der Waals surface area contributed by atoms with Gasteiger partial charge in [-0.05, 0) is 29.3 Å². The summed E-state index contributed by atoms with van der Waals surface area (Å²) in [7, 11) is 0. The molecule has 156 valence electrons. The monoisotopic (exact) mass is 453 g/mol. The first-order valence-electron chi connectivity index (χ1n) is 9.43. The summed E-state index contributed by atoms with van der Waals surface area (Å²) in [6.45, 7) is 0.254. The second-order valence-corrected chi connectivity index (χ2v) is 8.35. The van der Waals surface area contributed by atoms with Crippen molar-refractivity contribution in [3.8, 4) is 0 Å². The minimum Gasteiger partial charge on any atom is -0.310 e. The summed E-state index contributed by atoms with van der Waals surface area (Å²) in [5.41, 5.74) is 1.42. The number of anilines is 1. The third kappa shape index (κ3) is 5.07. The Kier molecular flexibility index (Phi) is 6.25. The van der Waals surface area contributed by atoms with E-state index in [0.29, 0.717) is 27.7 Å². The number of rotatable bonds is 6. The molecule has 4 aromatic rings. The lowest BCUT2D eigenvalue weighted by molar-refractivity contribution is 0.102. The quantitative estimate of drug-likeness (QED) is 0.447. The SMILES string of the molecule is O=C(Nc1ncc(Cc2ccccc2F)s1)c1ccc(=O)n(Cc2ccccc2Cl)c1. The number of carbonyl (C=O) groups excluding carboxylic acids is 1. The van der Waals surface area contributed by atoms with Crippen LogP contribution in [-0.4, -0.2) is 15.5 Å². The van der Waals surface area contributed by atoms with E-state index in [1.807, 2.05) is 18.2 Å². The first kappa shape index (κ1) is 21.0. The van der Waals surface area contributed by atoms with E-state index in [1.165, 1.54) is 40.3 Å². The molecule has 0 saturated carbocycles. The van der Waals surface area contributed by atoms with Gasteiger partial charge in [0.2, 0.25) is 0 Å². The Balaban J connectivity index is 1.48. The molecule has 0 fully saturated rings. The zero-order valence-electron chi connectivity index (χ0n) is 16.2. The van der Waals surface area contributed by atoms with Gasteiger partial charge in [-0.3, -0.25) is 14.9 Å². The second-order valence-electron chi connectivity index (χ2n) is 6.83. The minimum absolute atomic E-state index is 0.238. The molecule has 4 rings (SSSR count). The highest BCUT2D eigenvalue weighted by Crippen LogP contribution is 2.23. The Morgan fingerprint density at radius 1 is 1.06 bits per heavy atom. The predicted molar refractivity (Wildman–Crippen MR) is 121 cm³/mol. The minimum atomic E-state index is -0.389. The molecule has 0 bridgehead atoms. The lowest BCUT2D eigenvalue weighted by Gasteiger charge is -2.09. The van der Waals surface area contributed by atoms with Crippen LogP contribution in [0.4, 0.5) is 9.52 Å². The average molecular weight is 454 g/mol. The smallest absolute Gasteiger partial charge is 0.258 e. The summed E-state index contributed by atoms with van der Waals surface area (Å²) in [4.78, 5) is 29.9. The summed E-state index contributed by atoms with van der Waals surface area (Å²) in [5.74, 6) is -0.665. The summed E-state index contributed by atoms with van der Waals surface area (Å²) in [6.07, 6.45) is 3.50. The number of nitrogens with zero attached hydrogens (tertiary/aromatic N) is 2. The Labute approximate surface area is 186 Å². The van der Waals surface area contributed by atoms with Crippen LogP contribution in [0.2, 0.25) is 5.02 Å². The molecule has 0 aliphatic rings. The van der Waals surface area contributed by atoms with Gasteiger partial charge in [-0.2, -0.15) is 0 Å². The highest BCUT2D eigenvalue weighted by atomic mass is 35.5. The van der Waals surface area contributed by atoms with Gasteiger partial charge in [0.25, 0.3) is 11.5 Å². The molecule has 0 aliphatic heterocycles. The van der Waals surface area contributed by atoms with Crippen molar-refractivity contribution < 1.29 is 9.18 Å². The van der Waals surface area contributed by atoms with Crippen LogP contribution in [0.3, 0.4) is 0 Å². The first-order chi connectivity index (χ1) is 15.0. The zero-order chi connectivity index (χ0) is 21.8. The maximum absolute atomic E-state index is 13.8. The number of hydrogen-bond acceptors (Lipinski definition) is 4. The third-order valence-electron chi connectivity index (χ3n) is 4.64. The fraction of sp³-hybridized carbons (Fsp3) is 0.0870. The van der Waals surface area contributed by atoms with Gasteiger partial charge in [0.1, 0.15) is 5.82 Å². The van der Waals surface area contributed by atoms with Gasteiger partial charge >= 0.3 is 0 Å². The Morgan fingerprint density at radius 3 is 2.58 bits per heavy atom. The molecule has 0 aliphatic carbocycles. The maximum Gasteiger partial charge on any atom is 0.258 e. The van der Waals surface area contributed by atoms with Gasteiger partial charge < -0.3 is 4.57 Å². The number of halogens is 2. The van der Waals surface area contributed by atoms with Crippen molar-refractivity contribution in [2.75, 3.05) is 5.32 Å². The normalized spacial score (nSPS) is 10.8. The van der Waals surface area contributed by atoms with E-state index in [9.17, 15) is 14.0 Å². The maximum atomic E-state index is 13.8. The van der Waals surface area contributed by atoms with Crippen LogP contribution >= 0.6 is 22.9 Å². The van der Waals surface area contributed by atoms with Crippen molar-refractivity contribution in [3.63, 3.8) is 0 Å². The van der Waals surface area contributed by atoms with Crippen molar-refractivity contribution in [3.05, 3.63) is 116 Å². The number of benzene rings is 2. The molecular formula is C23H17ClFN3O2S. The van der Waals surface area contributed by atoms with E-state index in [1.54, 1.807) is 30.5 Å². The molecule has 0 spiro atoms. The number of nitrogens with one attached hydrogen (secondary N) is 1. The largest absolute Gasteiger partial charge is 0.310 e. The Hall–Kier alpha value is -3.29. The van der Waals surface area contributed by atoms with Crippen LogP contribution < -0.4 is 10.9 Å². The van der Waals surface area contributed by atoms with Gasteiger partial charge in [0.15, 0.2) is 5.13 Å². The standard InChI is InChI=1S/C23H17ClFN3O2S/c24-19-7-3-1-6-16(19)13-28-14-17(9-10-21(28)29)22(30)27-23-26-12-18(31-23)11-15-5-2-4-8-20(15)25/h1-10,12,14H,11,13H2,(H,26,27,30). The zero-order valence-corrected chi connectivity index (χ0v) is 17.8. The van der Waals surface area contributed by atoms with E-state index >= 15 is 0 Å². The van der Waals surface area contributed by atoms with Crippen LogP contribution in [0, 0.1) is 5.82 Å². The lowest BCUT2D eigenvalue weighted by atomic mass is 10.1. The van der Waals surface area contributed by atoms with E-state index in [2.05, 4.69) is 10.3 Å². The molecule has 5 nitrogen and oxygen atoms in total. The Bertz CT molecular complexity index is 1300. The van der Waals surface area contributed by atoms with E-state index < -0.39 is 0 Å². The second kappa shape index (κ2) is 9.24.